The zero-order valence-corrected chi connectivity index (χ0v) is 67.3. The monoisotopic (exact) mass is 1520 g/mol. The van der Waals surface area contributed by atoms with Gasteiger partial charge in [-0.15, -0.1) is 0 Å². The molecule has 0 heterocycles. The topological polar surface area (TPSA) is 237 Å². The first-order valence-corrected chi connectivity index (χ1v) is 43.0. The van der Waals surface area contributed by atoms with Crippen LogP contribution in [0.2, 0.25) is 0 Å². The van der Waals surface area contributed by atoms with Crippen LogP contribution in [0.1, 0.15) is 285 Å². The Morgan fingerprint density at radius 1 is 0.283 bits per heavy atom. The number of rotatable bonds is 73. The normalized spacial score (nSPS) is 14.8. The van der Waals surface area contributed by atoms with Crippen molar-refractivity contribution in [2.75, 3.05) is 39.6 Å². The fourth-order valence-electron chi connectivity index (χ4n) is 9.90. The maximum atomic E-state index is 13.1. The maximum Gasteiger partial charge on any atom is 0.472 e. The van der Waals surface area contributed by atoms with Crippen molar-refractivity contribution in [2.45, 2.75) is 303 Å². The Hall–Kier alpha value is -5.84. The standard InChI is InChI=1S/C87H140O17P2/c1-5-9-13-17-21-25-29-33-37-39-40-42-45-48-52-56-60-64-68-72-85(90)98-78-83(104-87(92)74-70-66-62-58-54-50-46-41-38-34-30-26-22-18-14-10-6-2)80-102-106(95,96)100-76-81(88)75-99-105(93,94)101-79-82(103-86(91)73-69-65-61-57-53-49-44-36-32-28-24-20-16-12-8-4)77-97-84(89)71-67-63-59-55-51-47-43-35-31-27-23-19-15-11-7-3/h9-11,13-15,21-23,25-27,33-38,40,42-44,46,50-51,55,58,62-63,67,81-83,88H,5-8,12,16-20,24,28-32,39,41,45,47-49,52-54,56-57,59-61,64-66,68-80H2,1-4H3,(H,93,94)(H,95,96)/b13-9-,14-10-,15-11-,25-21-,26-22-,27-23-,37-33-,38-34-,42-40-,43-35-,44-36-,50-46-,55-51-,62-58-,67-63-. The summed E-state index contributed by atoms with van der Waals surface area (Å²) in [7, 11) is -10.0. The highest BCUT2D eigenvalue weighted by atomic mass is 31.2. The summed E-state index contributed by atoms with van der Waals surface area (Å²) in [6.45, 7) is 4.31. The molecule has 19 heteroatoms. The van der Waals surface area contributed by atoms with Gasteiger partial charge in [0.05, 0.1) is 32.8 Å². The predicted molar refractivity (Wildman–Crippen MR) is 436 cm³/mol. The Morgan fingerprint density at radius 3 is 0.887 bits per heavy atom. The van der Waals surface area contributed by atoms with Crippen molar-refractivity contribution in [1.29, 1.82) is 0 Å². The number of aliphatic hydroxyl groups is 1. The lowest BCUT2D eigenvalue weighted by molar-refractivity contribution is -0.161. The first-order chi connectivity index (χ1) is 51.7. The maximum absolute atomic E-state index is 13.1. The van der Waals surface area contributed by atoms with Gasteiger partial charge in [-0.3, -0.25) is 37.3 Å². The Morgan fingerprint density at radius 2 is 0.538 bits per heavy atom. The van der Waals surface area contributed by atoms with Gasteiger partial charge in [-0.2, -0.15) is 0 Å². The highest BCUT2D eigenvalue weighted by Crippen LogP contribution is 2.45. The lowest BCUT2D eigenvalue weighted by Crippen LogP contribution is -2.30. The van der Waals surface area contributed by atoms with Crippen molar-refractivity contribution >= 4 is 39.5 Å². The second kappa shape index (κ2) is 77.3. The zero-order valence-electron chi connectivity index (χ0n) is 65.5. The highest BCUT2D eigenvalue weighted by molar-refractivity contribution is 7.47. The molecule has 17 nitrogen and oxygen atoms in total. The molecule has 106 heavy (non-hydrogen) atoms. The van der Waals surface area contributed by atoms with E-state index in [2.05, 4.69) is 174 Å². The minimum atomic E-state index is -5.01. The number of esters is 4. The SMILES string of the molecule is CC/C=C\C/C=C\C/C=C\C/C=C\C/C=C\CCCC(=O)OC(COC(=O)CCCCCCCC/C=C\C/C=C\C/C=C\C/C=C\CC)COP(=O)(O)OCC(O)COP(=O)(O)OCC(COC(=O)C/C=C\C/C=C\C/C=C\C/C=C\C/C=C\CC)OC(=O)CCCCCCC/C=C\CCCCCCCC. The molecule has 0 aromatic rings. The van der Waals surface area contributed by atoms with Gasteiger partial charge in [0.25, 0.3) is 0 Å². The van der Waals surface area contributed by atoms with Gasteiger partial charge in [0, 0.05) is 19.3 Å². The first kappa shape index (κ1) is 100. The Balaban J connectivity index is 5.51. The van der Waals surface area contributed by atoms with Crippen LogP contribution in [0.15, 0.2) is 182 Å². The lowest BCUT2D eigenvalue weighted by Gasteiger charge is -2.21. The van der Waals surface area contributed by atoms with Gasteiger partial charge in [0.15, 0.2) is 12.2 Å². The second-order valence-electron chi connectivity index (χ2n) is 25.9. The van der Waals surface area contributed by atoms with Gasteiger partial charge >= 0.3 is 39.5 Å². The molecule has 0 aromatic carbocycles. The fraction of sp³-hybridized carbons (Fsp3) is 0.609. The number of carbonyl (C=O) groups is 4. The Labute approximate surface area is 641 Å². The number of aliphatic hydroxyl groups excluding tert-OH is 1. The number of phosphoric acid groups is 2. The van der Waals surface area contributed by atoms with E-state index in [-0.39, 0.29) is 25.7 Å². The van der Waals surface area contributed by atoms with Gasteiger partial charge in [-0.05, 0) is 154 Å². The molecular formula is C87H140O17P2. The molecule has 600 valence electrons. The molecule has 0 spiro atoms. The number of unbranched alkanes of at least 4 members (excludes halogenated alkanes) is 18. The van der Waals surface area contributed by atoms with Crippen LogP contribution in [0.4, 0.5) is 0 Å². The number of phosphoric ester groups is 2. The number of ether oxygens (including phenoxy) is 4. The smallest absolute Gasteiger partial charge is 0.462 e. The van der Waals surface area contributed by atoms with Gasteiger partial charge in [0.1, 0.15) is 19.3 Å². The minimum absolute atomic E-state index is 0.00391. The van der Waals surface area contributed by atoms with E-state index < -0.39 is 97.5 Å². The van der Waals surface area contributed by atoms with Crippen LogP contribution < -0.4 is 0 Å². The minimum Gasteiger partial charge on any atom is -0.462 e. The average molecular weight is 1520 g/mol. The van der Waals surface area contributed by atoms with E-state index >= 15 is 0 Å². The van der Waals surface area contributed by atoms with Crippen molar-refractivity contribution in [3.8, 4) is 0 Å². The van der Waals surface area contributed by atoms with Crippen LogP contribution in [-0.2, 0) is 65.4 Å². The van der Waals surface area contributed by atoms with Crippen LogP contribution >= 0.6 is 15.6 Å². The quantitative estimate of drug-likeness (QED) is 0.0169. The van der Waals surface area contributed by atoms with E-state index in [1.54, 1.807) is 6.08 Å². The first-order valence-electron chi connectivity index (χ1n) is 40.0. The summed E-state index contributed by atoms with van der Waals surface area (Å²) in [6, 6.07) is 0. The fourth-order valence-corrected chi connectivity index (χ4v) is 11.5. The summed E-state index contributed by atoms with van der Waals surface area (Å²) < 4.78 is 68.4. The number of carbonyl (C=O) groups excluding carboxylic acids is 4. The van der Waals surface area contributed by atoms with Crippen molar-refractivity contribution in [3.63, 3.8) is 0 Å². The molecule has 0 aliphatic rings. The summed E-state index contributed by atoms with van der Waals surface area (Å²) >= 11 is 0. The van der Waals surface area contributed by atoms with Crippen molar-refractivity contribution < 1.29 is 80.2 Å². The van der Waals surface area contributed by atoms with Gasteiger partial charge in [0.2, 0.25) is 0 Å². The number of hydrogen-bond donors (Lipinski definition) is 3. The molecule has 0 aliphatic carbocycles. The summed E-state index contributed by atoms with van der Waals surface area (Å²) in [4.78, 5) is 73.0. The van der Waals surface area contributed by atoms with Gasteiger partial charge in [-0.25, -0.2) is 9.13 Å². The second-order valence-corrected chi connectivity index (χ2v) is 28.8. The van der Waals surface area contributed by atoms with E-state index in [0.29, 0.717) is 32.1 Å². The van der Waals surface area contributed by atoms with Gasteiger partial charge < -0.3 is 33.8 Å². The van der Waals surface area contributed by atoms with Crippen LogP contribution in [0.5, 0.6) is 0 Å². The summed E-state index contributed by atoms with van der Waals surface area (Å²) in [5.41, 5.74) is 0. The summed E-state index contributed by atoms with van der Waals surface area (Å²) in [5, 5.41) is 10.6. The van der Waals surface area contributed by atoms with Crippen LogP contribution in [-0.4, -0.2) is 96.7 Å². The molecular weight excluding hydrogens is 1380 g/mol. The zero-order chi connectivity index (χ0) is 77.4. The van der Waals surface area contributed by atoms with E-state index in [1.807, 2.05) is 30.4 Å². The third-order valence-corrected chi connectivity index (χ3v) is 17.8. The van der Waals surface area contributed by atoms with Crippen molar-refractivity contribution in [2.24, 2.45) is 0 Å². The number of hydrogen-bond acceptors (Lipinski definition) is 15. The van der Waals surface area contributed by atoms with E-state index in [1.165, 1.54) is 38.5 Å². The lowest BCUT2D eigenvalue weighted by atomic mass is 10.1. The molecule has 0 saturated carbocycles. The molecule has 0 saturated heterocycles. The van der Waals surface area contributed by atoms with Crippen LogP contribution in [0, 0.1) is 0 Å². The third kappa shape index (κ3) is 76.4. The molecule has 0 aliphatic heterocycles. The summed E-state index contributed by atoms with van der Waals surface area (Å²) in [5.74, 6) is -2.43. The Kier molecular flexibility index (Phi) is 73.1. The number of allylic oxidation sites excluding steroid dienone is 29. The summed E-state index contributed by atoms with van der Waals surface area (Å²) in [6.07, 6.45) is 93.4. The van der Waals surface area contributed by atoms with E-state index in [4.69, 9.17) is 37.0 Å². The molecule has 0 rings (SSSR count). The largest absolute Gasteiger partial charge is 0.472 e. The molecule has 5 atom stereocenters. The highest BCUT2D eigenvalue weighted by Gasteiger charge is 2.30. The van der Waals surface area contributed by atoms with Crippen LogP contribution in [0.25, 0.3) is 0 Å². The van der Waals surface area contributed by atoms with Gasteiger partial charge in [-0.1, -0.05) is 287 Å². The molecule has 0 aromatic heterocycles. The molecule has 0 fully saturated rings. The average Bonchev–Trinajstić information content (AvgIpc) is 0.907. The molecule has 0 radical (unpaired) electrons. The van der Waals surface area contributed by atoms with E-state index in [0.717, 1.165) is 161 Å². The van der Waals surface area contributed by atoms with E-state index in [9.17, 15) is 43.2 Å². The Bertz CT molecular complexity index is 2730. The third-order valence-electron chi connectivity index (χ3n) is 15.9. The molecule has 3 N–H and O–H groups in total. The van der Waals surface area contributed by atoms with Crippen molar-refractivity contribution in [3.05, 3.63) is 182 Å². The molecule has 5 unspecified atom stereocenters. The molecule has 0 amide bonds. The van der Waals surface area contributed by atoms with Crippen molar-refractivity contribution in [1.82, 2.24) is 0 Å². The van der Waals surface area contributed by atoms with Crippen LogP contribution in [0.3, 0.4) is 0 Å². The predicted octanol–water partition coefficient (Wildman–Crippen LogP) is 23.6. The molecule has 0 bridgehead atoms.